The molecule has 30 heavy (non-hydrogen) atoms. The number of ether oxygens (including phenoxy) is 1. The van der Waals surface area contributed by atoms with Crippen molar-refractivity contribution in [3.05, 3.63) is 65.8 Å². The molecule has 3 aromatic rings. The van der Waals surface area contributed by atoms with Gasteiger partial charge in [-0.05, 0) is 55.6 Å². The Bertz CT molecular complexity index is 1030. The van der Waals surface area contributed by atoms with Crippen molar-refractivity contribution in [3.8, 4) is 22.5 Å². The predicted octanol–water partition coefficient (Wildman–Crippen LogP) is 4.53. The van der Waals surface area contributed by atoms with Gasteiger partial charge < -0.3 is 14.6 Å². The predicted molar refractivity (Wildman–Crippen MR) is 120 cm³/mol. The highest BCUT2D eigenvalue weighted by Crippen LogP contribution is 2.38. The fourth-order valence-electron chi connectivity index (χ4n) is 4.66. The second kappa shape index (κ2) is 8.54. The Balaban J connectivity index is 1.50. The lowest BCUT2D eigenvalue weighted by atomic mass is 9.96. The molecule has 0 saturated carbocycles. The summed E-state index contributed by atoms with van der Waals surface area (Å²) in [5.41, 5.74) is 7.21. The van der Waals surface area contributed by atoms with Crippen LogP contribution in [0.15, 0.2) is 48.8 Å². The summed E-state index contributed by atoms with van der Waals surface area (Å²) < 4.78 is 5.24. The summed E-state index contributed by atoms with van der Waals surface area (Å²) in [5, 5.41) is 0. The molecule has 5 heteroatoms. The van der Waals surface area contributed by atoms with Crippen LogP contribution in [0.25, 0.3) is 28.6 Å². The van der Waals surface area contributed by atoms with Gasteiger partial charge >= 0.3 is 0 Å². The third-order valence-electron chi connectivity index (χ3n) is 6.35. The van der Waals surface area contributed by atoms with E-state index in [9.17, 15) is 0 Å². The summed E-state index contributed by atoms with van der Waals surface area (Å²) in [6.45, 7) is 4.00. The first-order chi connectivity index (χ1) is 14.8. The SMILES string of the molecule is COCCN1CCC(c2nc(-c3ccncc3)c(-c3cccc4c3C=CC4)[nH]2)CC1. The molecule has 0 amide bonds. The Hall–Kier alpha value is -2.76. The van der Waals surface area contributed by atoms with Crippen LogP contribution in [0, 0.1) is 0 Å². The summed E-state index contributed by atoms with van der Waals surface area (Å²) in [6, 6.07) is 10.7. The second-order valence-corrected chi connectivity index (χ2v) is 8.18. The number of H-pyrrole nitrogens is 1. The third-order valence-corrected chi connectivity index (χ3v) is 6.35. The van der Waals surface area contributed by atoms with Gasteiger partial charge in [-0.3, -0.25) is 4.98 Å². The molecule has 5 nitrogen and oxygen atoms in total. The van der Waals surface area contributed by atoms with Gasteiger partial charge in [-0.1, -0.05) is 30.4 Å². The minimum Gasteiger partial charge on any atom is -0.383 e. The van der Waals surface area contributed by atoms with E-state index < -0.39 is 0 Å². The number of aromatic nitrogens is 3. The van der Waals surface area contributed by atoms with Crippen molar-refractivity contribution in [2.24, 2.45) is 0 Å². The molecular weight excluding hydrogens is 372 g/mol. The van der Waals surface area contributed by atoms with E-state index in [1.54, 1.807) is 7.11 Å². The molecule has 1 saturated heterocycles. The van der Waals surface area contributed by atoms with E-state index in [1.165, 1.54) is 16.7 Å². The van der Waals surface area contributed by atoms with E-state index in [0.717, 1.165) is 68.3 Å². The van der Waals surface area contributed by atoms with E-state index >= 15 is 0 Å². The molecule has 2 aromatic heterocycles. The number of fused-ring (bicyclic) bond motifs is 1. The lowest BCUT2D eigenvalue weighted by Gasteiger charge is -2.30. The molecule has 0 spiro atoms. The van der Waals surface area contributed by atoms with Gasteiger partial charge in [-0.2, -0.15) is 0 Å². The second-order valence-electron chi connectivity index (χ2n) is 8.18. The lowest BCUT2D eigenvalue weighted by Crippen LogP contribution is -2.35. The summed E-state index contributed by atoms with van der Waals surface area (Å²) in [6.07, 6.45) is 11.4. The molecule has 0 unspecified atom stereocenters. The van der Waals surface area contributed by atoms with Crippen LogP contribution in [-0.2, 0) is 11.2 Å². The van der Waals surface area contributed by atoms with Crippen LogP contribution in [0.4, 0.5) is 0 Å². The topological polar surface area (TPSA) is 54.0 Å². The van der Waals surface area contributed by atoms with Gasteiger partial charge in [0.25, 0.3) is 0 Å². The van der Waals surface area contributed by atoms with Gasteiger partial charge in [0.1, 0.15) is 5.82 Å². The van der Waals surface area contributed by atoms with E-state index in [-0.39, 0.29) is 0 Å². The minimum absolute atomic E-state index is 0.463. The summed E-state index contributed by atoms with van der Waals surface area (Å²) in [7, 11) is 1.77. The zero-order chi connectivity index (χ0) is 20.3. The van der Waals surface area contributed by atoms with Crippen molar-refractivity contribution in [1.29, 1.82) is 0 Å². The Morgan fingerprint density at radius 2 is 1.97 bits per heavy atom. The number of rotatable bonds is 6. The summed E-state index contributed by atoms with van der Waals surface area (Å²) in [4.78, 5) is 15.6. The number of hydrogen-bond acceptors (Lipinski definition) is 4. The number of nitrogens with one attached hydrogen (secondary N) is 1. The van der Waals surface area contributed by atoms with Crippen molar-refractivity contribution in [1.82, 2.24) is 19.9 Å². The molecule has 1 fully saturated rings. The van der Waals surface area contributed by atoms with Gasteiger partial charge in [0, 0.05) is 43.1 Å². The monoisotopic (exact) mass is 400 g/mol. The molecule has 0 bridgehead atoms. The molecule has 1 N–H and O–H groups in total. The standard InChI is InChI=1S/C25H28N4O/c1-30-17-16-29-14-10-20(11-15-29)25-27-23(19-8-12-26-13-9-19)24(28-25)22-7-3-5-18-4-2-6-21(18)22/h2-3,5-9,12-13,20H,4,10-11,14-17H2,1H3,(H,27,28). The van der Waals surface area contributed by atoms with Crippen molar-refractivity contribution in [2.45, 2.75) is 25.2 Å². The number of allylic oxidation sites excluding steroid dienone is 1. The highest BCUT2D eigenvalue weighted by Gasteiger charge is 2.26. The zero-order valence-electron chi connectivity index (χ0n) is 17.5. The smallest absolute Gasteiger partial charge is 0.110 e. The van der Waals surface area contributed by atoms with Crippen LogP contribution < -0.4 is 0 Å². The number of benzene rings is 1. The number of hydrogen-bond donors (Lipinski definition) is 1. The van der Waals surface area contributed by atoms with Crippen LogP contribution >= 0.6 is 0 Å². The number of imidazole rings is 1. The van der Waals surface area contributed by atoms with E-state index in [2.05, 4.69) is 57.4 Å². The maximum Gasteiger partial charge on any atom is 0.110 e. The molecular formula is C25H28N4O. The fourth-order valence-corrected chi connectivity index (χ4v) is 4.66. The van der Waals surface area contributed by atoms with Crippen LogP contribution in [-0.4, -0.2) is 53.2 Å². The maximum absolute atomic E-state index is 5.24. The van der Waals surface area contributed by atoms with E-state index in [4.69, 9.17) is 9.72 Å². The molecule has 0 radical (unpaired) electrons. The van der Waals surface area contributed by atoms with Gasteiger partial charge in [0.15, 0.2) is 0 Å². The van der Waals surface area contributed by atoms with Crippen LogP contribution in [0.5, 0.6) is 0 Å². The Morgan fingerprint density at radius 1 is 1.13 bits per heavy atom. The molecule has 1 aromatic carbocycles. The van der Waals surface area contributed by atoms with Gasteiger partial charge in [-0.25, -0.2) is 4.98 Å². The van der Waals surface area contributed by atoms with Crippen LogP contribution in [0.1, 0.15) is 35.7 Å². The molecule has 154 valence electrons. The van der Waals surface area contributed by atoms with E-state index in [0.29, 0.717) is 5.92 Å². The zero-order valence-corrected chi connectivity index (χ0v) is 17.5. The first-order valence-corrected chi connectivity index (χ1v) is 10.8. The molecule has 1 aliphatic carbocycles. The third kappa shape index (κ3) is 3.71. The highest BCUT2D eigenvalue weighted by atomic mass is 16.5. The van der Waals surface area contributed by atoms with E-state index in [1.807, 2.05) is 12.4 Å². The molecule has 5 rings (SSSR count). The average Bonchev–Trinajstić information content (AvgIpc) is 3.46. The number of nitrogens with zero attached hydrogens (tertiary/aromatic N) is 3. The Kier molecular flexibility index (Phi) is 5.47. The van der Waals surface area contributed by atoms with Crippen molar-refractivity contribution in [2.75, 3.05) is 33.4 Å². The average molecular weight is 401 g/mol. The van der Waals surface area contributed by atoms with Gasteiger partial charge in [-0.15, -0.1) is 0 Å². The minimum atomic E-state index is 0.463. The Labute approximate surface area is 177 Å². The number of likely N-dealkylation sites (tertiary alicyclic amines) is 1. The largest absolute Gasteiger partial charge is 0.383 e. The summed E-state index contributed by atoms with van der Waals surface area (Å²) >= 11 is 0. The first kappa shape index (κ1) is 19.2. The molecule has 0 atom stereocenters. The number of pyridine rings is 1. The van der Waals surface area contributed by atoms with Gasteiger partial charge in [0.05, 0.1) is 18.0 Å². The number of methoxy groups -OCH3 is 1. The summed E-state index contributed by atoms with van der Waals surface area (Å²) in [5.74, 6) is 1.58. The molecule has 3 heterocycles. The van der Waals surface area contributed by atoms with Crippen molar-refractivity contribution in [3.63, 3.8) is 0 Å². The lowest BCUT2D eigenvalue weighted by molar-refractivity contribution is 0.129. The molecule has 1 aliphatic heterocycles. The maximum atomic E-state index is 5.24. The number of aromatic amines is 1. The number of piperidine rings is 1. The first-order valence-electron chi connectivity index (χ1n) is 10.8. The van der Waals surface area contributed by atoms with Crippen LogP contribution in [0.2, 0.25) is 0 Å². The van der Waals surface area contributed by atoms with Crippen LogP contribution in [0.3, 0.4) is 0 Å². The van der Waals surface area contributed by atoms with Gasteiger partial charge in [0.2, 0.25) is 0 Å². The quantitative estimate of drug-likeness (QED) is 0.660. The van der Waals surface area contributed by atoms with Crippen molar-refractivity contribution >= 4 is 6.08 Å². The fraction of sp³-hybridized carbons (Fsp3) is 0.360. The Morgan fingerprint density at radius 3 is 2.77 bits per heavy atom. The molecule has 2 aliphatic rings. The van der Waals surface area contributed by atoms with Crippen molar-refractivity contribution < 1.29 is 4.74 Å². The normalized spacial score (nSPS) is 16.8. The highest BCUT2D eigenvalue weighted by molar-refractivity contribution is 5.85.